The Morgan fingerprint density at radius 3 is 2.68 bits per heavy atom. The van der Waals surface area contributed by atoms with Crippen LogP contribution >= 0.6 is 0 Å². The Labute approximate surface area is 125 Å². The number of amides is 1. The highest BCUT2D eigenvalue weighted by atomic mass is 19.1. The van der Waals surface area contributed by atoms with Crippen LogP contribution in [0.1, 0.15) is 21.7 Å². The topological polar surface area (TPSA) is 46.4 Å². The number of halogens is 2. The number of fused-ring (bicyclic) bond motifs is 1. The van der Waals surface area contributed by atoms with Gasteiger partial charge < -0.3 is 5.32 Å². The molecule has 0 saturated heterocycles. The van der Waals surface area contributed by atoms with Crippen molar-refractivity contribution in [2.75, 3.05) is 5.32 Å². The molecule has 1 amide bonds. The molecule has 0 saturated carbocycles. The van der Waals surface area contributed by atoms with Crippen molar-refractivity contribution in [1.82, 2.24) is 9.38 Å². The molecule has 0 radical (unpaired) electrons. The Kier molecular flexibility index (Phi) is 3.36. The number of hydrogen-bond acceptors (Lipinski definition) is 2. The number of rotatable bonds is 2. The summed E-state index contributed by atoms with van der Waals surface area (Å²) in [6.07, 6.45) is 1.74. The van der Waals surface area contributed by atoms with Crippen LogP contribution in [-0.4, -0.2) is 15.3 Å². The largest absolute Gasteiger partial charge is 0.318 e. The van der Waals surface area contributed by atoms with Crippen LogP contribution in [0.2, 0.25) is 0 Å². The van der Waals surface area contributed by atoms with Crippen molar-refractivity contribution in [3.8, 4) is 0 Å². The van der Waals surface area contributed by atoms with Gasteiger partial charge in [-0.15, -0.1) is 0 Å². The predicted octanol–water partition coefficient (Wildman–Crippen LogP) is 3.48. The molecule has 0 atom stereocenters. The normalized spacial score (nSPS) is 10.9. The summed E-state index contributed by atoms with van der Waals surface area (Å²) in [4.78, 5) is 16.7. The standard InChI is InChI=1S/C16H13F2N3O/c1-9-5-6-21-14(7-9)19-10(2)15(21)16(22)20-13-4-3-11(17)8-12(13)18/h3-8H,1-2H3,(H,20,22). The van der Waals surface area contributed by atoms with Crippen LogP contribution in [0.25, 0.3) is 5.65 Å². The lowest BCUT2D eigenvalue weighted by Gasteiger charge is -2.07. The average Bonchev–Trinajstić information content (AvgIpc) is 2.76. The maximum atomic E-state index is 13.6. The van der Waals surface area contributed by atoms with E-state index in [0.29, 0.717) is 17.0 Å². The van der Waals surface area contributed by atoms with Crippen LogP contribution in [0, 0.1) is 25.5 Å². The zero-order valence-electron chi connectivity index (χ0n) is 12.0. The Morgan fingerprint density at radius 1 is 1.18 bits per heavy atom. The van der Waals surface area contributed by atoms with Gasteiger partial charge in [0.2, 0.25) is 0 Å². The summed E-state index contributed by atoms with van der Waals surface area (Å²) >= 11 is 0. The molecule has 0 aliphatic rings. The summed E-state index contributed by atoms with van der Waals surface area (Å²) in [5.74, 6) is -2.02. The Bertz CT molecular complexity index is 886. The molecule has 2 heterocycles. The van der Waals surface area contributed by atoms with Crippen LogP contribution < -0.4 is 5.32 Å². The zero-order chi connectivity index (χ0) is 15.9. The predicted molar refractivity (Wildman–Crippen MR) is 79.0 cm³/mol. The number of carbonyl (C=O) groups is 1. The number of aryl methyl sites for hydroxylation is 2. The van der Waals surface area contributed by atoms with Gasteiger partial charge in [0.25, 0.3) is 5.91 Å². The van der Waals surface area contributed by atoms with Crippen LogP contribution in [0.5, 0.6) is 0 Å². The van der Waals surface area contributed by atoms with Gasteiger partial charge in [-0.2, -0.15) is 0 Å². The lowest BCUT2D eigenvalue weighted by Crippen LogP contribution is -2.16. The van der Waals surface area contributed by atoms with Gasteiger partial charge in [0.05, 0.1) is 11.4 Å². The summed E-state index contributed by atoms with van der Waals surface area (Å²) in [5, 5.41) is 2.45. The van der Waals surface area contributed by atoms with Crippen molar-refractivity contribution in [3.05, 3.63) is 65.1 Å². The number of aromatic nitrogens is 2. The molecular weight excluding hydrogens is 288 g/mol. The number of hydrogen-bond donors (Lipinski definition) is 1. The van der Waals surface area contributed by atoms with Crippen LogP contribution in [0.4, 0.5) is 14.5 Å². The minimum atomic E-state index is -0.823. The molecule has 0 spiro atoms. The van der Waals surface area contributed by atoms with Gasteiger partial charge in [-0.25, -0.2) is 13.8 Å². The summed E-state index contributed by atoms with van der Waals surface area (Å²) in [5.41, 5.74) is 2.44. The number of benzene rings is 1. The first-order valence-electron chi connectivity index (χ1n) is 6.67. The summed E-state index contributed by atoms with van der Waals surface area (Å²) in [6, 6.07) is 6.70. The van der Waals surface area contributed by atoms with E-state index in [1.54, 1.807) is 17.5 Å². The van der Waals surface area contributed by atoms with Gasteiger partial charge >= 0.3 is 0 Å². The fraction of sp³-hybridized carbons (Fsp3) is 0.125. The lowest BCUT2D eigenvalue weighted by atomic mass is 10.2. The van der Waals surface area contributed by atoms with Crippen LogP contribution in [0.3, 0.4) is 0 Å². The SMILES string of the molecule is Cc1ccn2c(C(=O)Nc3ccc(F)cc3F)c(C)nc2c1. The summed E-state index contributed by atoms with van der Waals surface area (Å²) in [6.45, 7) is 3.63. The van der Waals surface area contributed by atoms with Crippen LogP contribution in [0.15, 0.2) is 36.5 Å². The molecule has 1 N–H and O–H groups in total. The van der Waals surface area contributed by atoms with E-state index in [4.69, 9.17) is 0 Å². The van der Waals surface area contributed by atoms with Crippen molar-refractivity contribution >= 4 is 17.2 Å². The number of anilines is 1. The van der Waals surface area contributed by atoms with Crippen LogP contribution in [-0.2, 0) is 0 Å². The first-order valence-corrected chi connectivity index (χ1v) is 6.67. The molecule has 0 aliphatic carbocycles. The summed E-state index contributed by atoms with van der Waals surface area (Å²) < 4.78 is 28.2. The maximum Gasteiger partial charge on any atom is 0.274 e. The molecule has 4 nitrogen and oxygen atoms in total. The van der Waals surface area contributed by atoms with Gasteiger partial charge in [0.15, 0.2) is 0 Å². The van der Waals surface area contributed by atoms with E-state index in [1.807, 2.05) is 19.1 Å². The highest BCUT2D eigenvalue weighted by Crippen LogP contribution is 2.18. The molecule has 0 unspecified atom stereocenters. The van der Waals surface area contributed by atoms with Crippen molar-refractivity contribution in [2.45, 2.75) is 13.8 Å². The first kappa shape index (κ1) is 14.2. The number of pyridine rings is 1. The second-order valence-corrected chi connectivity index (χ2v) is 5.06. The van der Waals surface area contributed by atoms with Crippen molar-refractivity contribution < 1.29 is 13.6 Å². The highest BCUT2D eigenvalue weighted by Gasteiger charge is 2.18. The first-order chi connectivity index (χ1) is 10.5. The zero-order valence-corrected chi connectivity index (χ0v) is 12.0. The van der Waals surface area contributed by atoms with Crippen molar-refractivity contribution in [2.24, 2.45) is 0 Å². The third-order valence-electron chi connectivity index (χ3n) is 3.35. The molecule has 22 heavy (non-hydrogen) atoms. The molecular formula is C16H13F2N3O. The van der Waals surface area contributed by atoms with E-state index in [2.05, 4.69) is 10.3 Å². The fourth-order valence-corrected chi connectivity index (χ4v) is 2.31. The second-order valence-electron chi connectivity index (χ2n) is 5.06. The van der Waals surface area contributed by atoms with E-state index in [-0.39, 0.29) is 5.69 Å². The third kappa shape index (κ3) is 2.43. The van der Waals surface area contributed by atoms with Crippen molar-refractivity contribution in [1.29, 1.82) is 0 Å². The van der Waals surface area contributed by atoms with E-state index in [1.165, 1.54) is 6.07 Å². The molecule has 0 fully saturated rings. The smallest absolute Gasteiger partial charge is 0.274 e. The Hall–Kier alpha value is -2.76. The van der Waals surface area contributed by atoms with E-state index in [0.717, 1.165) is 17.7 Å². The Morgan fingerprint density at radius 2 is 1.95 bits per heavy atom. The van der Waals surface area contributed by atoms with Gasteiger partial charge in [0.1, 0.15) is 23.0 Å². The molecule has 2 aromatic heterocycles. The van der Waals surface area contributed by atoms with Gasteiger partial charge in [-0.3, -0.25) is 9.20 Å². The van der Waals surface area contributed by atoms with Gasteiger partial charge in [0, 0.05) is 12.3 Å². The van der Waals surface area contributed by atoms with Gasteiger partial charge in [-0.1, -0.05) is 0 Å². The highest BCUT2D eigenvalue weighted by molar-refractivity contribution is 6.04. The minimum absolute atomic E-state index is 0.0761. The quantitative estimate of drug-likeness (QED) is 0.787. The molecule has 3 rings (SSSR count). The lowest BCUT2D eigenvalue weighted by molar-refractivity contribution is 0.102. The second kappa shape index (κ2) is 5.22. The van der Waals surface area contributed by atoms with Crippen molar-refractivity contribution in [3.63, 3.8) is 0 Å². The number of imidazole rings is 1. The minimum Gasteiger partial charge on any atom is -0.318 e. The Balaban J connectivity index is 2.00. The third-order valence-corrected chi connectivity index (χ3v) is 3.35. The molecule has 0 bridgehead atoms. The monoisotopic (exact) mass is 301 g/mol. The molecule has 1 aromatic carbocycles. The van der Waals surface area contributed by atoms with E-state index in [9.17, 15) is 13.6 Å². The van der Waals surface area contributed by atoms with E-state index >= 15 is 0 Å². The number of nitrogens with one attached hydrogen (secondary N) is 1. The van der Waals surface area contributed by atoms with Gasteiger partial charge in [-0.05, 0) is 43.7 Å². The molecule has 3 aromatic rings. The number of nitrogens with zero attached hydrogens (tertiary/aromatic N) is 2. The fourth-order valence-electron chi connectivity index (χ4n) is 2.31. The average molecular weight is 301 g/mol. The molecule has 6 heteroatoms. The molecule has 0 aliphatic heterocycles. The maximum absolute atomic E-state index is 13.6. The number of carbonyl (C=O) groups excluding carboxylic acids is 1. The van der Waals surface area contributed by atoms with E-state index < -0.39 is 17.5 Å². The summed E-state index contributed by atoms with van der Waals surface area (Å²) in [7, 11) is 0. The molecule has 112 valence electrons.